The number of hydrogen-bond acceptors (Lipinski definition) is 3. The highest BCUT2D eigenvalue weighted by atomic mass is 32.1. The van der Waals surface area contributed by atoms with Gasteiger partial charge >= 0.3 is 0 Å². The van der Waals surface area contributed by atoms with Gasteiger partial charge in [0, 0.05) is 49.6 Å². The van der Waals surface area contributed by atoms with Crippen LogP contribution in [-0.2, 0) is 13.1 Å². The van der Waals surface area contributed by atoms with Gasteiger partial charge in [0.2, 0.25) is 0 Å². The molecule has 0 atom stereocenters. The molecule has 27 heavy (non-hydrogen) atoms. The van der Waals surface area contributed by atoms with E-state index in [2.05, 4.69) is 58.2 Å². The van der Waals surface area contributed by atoms with E-state index in [-0.39, 0.29) is 5.91 Å². The summed E-state index contributed by atoms with van der Waals surface area (Å²) < 4.78 is 2.22. The minimum absolute atomic E-state index is 0.0669. The lowest BCUT2D eigenvalue weighted by molar-refractivity contribution is 0.0784. The molecule has 2 aromatic heterocycles. The van der Waals surface area contributed by atoms with Crippen molar-refractivity contribution in [2.75, 3.05) is 26.0 Å². The van der Waals surface area contributed by atoms with Crippen molar-refractivity contribution < 1.29 is 4.79 Å². The molecule has 0 saturated carbocycles. The summed E-state index contributed by atoms with van der Waals surface area (Å²) in [6.07, 6.45) is 0. The van der Waals surface area contributed by atoms with E-state index in [1.165, 1.54) is 4.88 Å². The van der Waals surface area contributed by atoms with Crippen LogP contribution in [0.5, 0.6) is 0 Å². The third-order valence-corrected chi connectivity index (χ3v) is 5.78. The smallest absolute Gasteiger partial charge is 0.255 e. The van der Waals surface area contributed by atoms with Gasteiger partial charge < -0.3 is 14.4 Å². The first-order chi connectivity index (χ1) is 12.9. The van der Waals surface area contributed by atoms with Crippen LogP contribution in [-0.4, -0.2) is 36.5 Å². The van der Waals surface area contributed by atoms with Crippen LogP contribution >= 0.6 is 11.3 Å². The summed E-state index contributed by atoms with van der Waals surface area (Å²) in [6.45, 7) is 5.52. The largest absolute Gasteiger partial charge is 0.378 e. The highest BCUT2D eigenvalue weighted by Gasteiger charge is 2.19. The third kappa shape index (κ3) is 4.25. The number of carbonyl (C=O) groups is 1. The number of amides is 1. The molecule has 0 N–H and O–H groups in total. The second-order valence-corrected chi connectivity index (χ2v) is 8.20. The zero-order valence-corrected chi connectivity index (χ0v) is 17.5. The summed E-state index contributed by atoms with van der Waals surface area (Å²) in [5.41, 5.74) is 5.22. The number of aromatic nitrogens is 1. The predicted octanol–water partition coefficient (Wildman–Crippen LogP) is 4.55. The zero-order valence-electron chi connectivity index (χ0n) is 16.7. The van der Waals surface area contributed by atoms with Gasteiger partial charge in [-0.25, -0.2) is 0 Å². The molecule has 5 heteroatoms. The average Bonchev–Trinajstić information content (AvgIpc) is 3.25. The first kappa shape index (κ1) is 19.2. The molecule has 1 aromatic carbocycles. The normalized spacial score (nSPS) is 10.9. The van der Waals surface area contributed by atoms with E-state index < -0.39 is 0 Å². The Labute approximate surface area is 165 Å². The van der Waals surface area contributed by atoms with Gasteiger partial charge in [0.15, 0.2) is 0 Å². The number of rotatable bonds is 6. The lowest BCUT2D eigenvalue weighted by Gasteiger charge is -2.19. The summed E-state index contributed by atoms with van der Waals surface area (Å²) in [4.78, 5) is 18.2. The first-order valence-electron chi connectivity index (χ1n) is 9.07. The number of anilines is 1. The summed E-state index contributed by atoms with van der Waals surface area (Å²) in [7, 11) is 5.92. The van der Waals surface area contributed by atoms with Crippen LogP contribution < -0.4 is 4.90 Å². The Kier molecular flexibility index (Phi) is 5.71. The Hall–Kier alpha value is -2.53. The van der Waals surface area contributed by atoms with Gasteiger partial charge in [0.05, 0.1) is 12.1 Å². The van der Waals surface area contributed by atoms with E-state index in [1.807, 2.05) is 34.1 Å². The molecule has 0 spiro atoms. The van der Waals surface area contributed by atoms with Gasteiger partial charge in [0.1, 0.15) is 0 Å². The predicted molar refractivity (Wildman–Crippen MR) is 114 cm³/mol. The lowest BCUT2D eigenvalue weighted by Crippen LogP contribution is -2.26. The standard InChI is InChI=1S/C22H27N3OS/c1-16-13-21(17(2)25(16)15-20-7-6-12-27-20)22(26)24(5)14-18-8-10-19(11-9-18)23(3)4/h6-13H,14-15H2,1-5H3. The van der Waals surface area contributed by atoms with Crippen LogP contribution in [0.25, 0.3) is 0 Å². The van der Waals surface area contributed by atoms with Crippen LogP contribution in [0.1, 0.15) is 32.2 Å². The summed E-state index contributed by atoms with van der Waals surface area (Å²) in [6, 6.07) is 14.5. The minimum Gasteiger partial charge on any atom is -0.378 e. The summed E-state index contributed by atoms with van der Waals surface area (Å²) in [5.74, 6) is 0.0669. The van der Waals surface area contributed by atoms with E-state index in [9.17, 15) is 4.79 Å². The second-order valence-electron chi connectivity index (χ2n) is 7.17. The van der Waals surface area contributed by atoms with Crippen molar-refractivity contribution in [3.05, 3.63) is 75.2 Å². The fourth-order valence-electron chi connectivity index (χ4n) is 3.27. The van der Waals surface area contributed by atoms with Crippen molar-refractivity contribution in [2.24, 2.45) is 0 Å². The summed E-state index contributed by atoms with van der Waals surface area (Å²) >= 11 is 1.74. The summed E-state index contributed by atoms with van der Waals surface area (Å²) in [5, 5.41) is 2.09. The number of nitrogens with zero attached hydrogens (tertiary/aromatic N) is 3. The monoisotopic (exact) mass is 381 g/mol. The van der Waals surface area contributed by atoms with Crippen LogP contribution in [0, 0.1) is 13.8 Å². The molecule has 0 bridgehead atoms. The first-order valence-corrected chi connectivity index (χ1v) is 9.95. The van der Waals surface area contributed by atoms with Gasteiger partial charge in [0.25, 0.3) is 5.91 Å². The Balaban J connectivity index is 1.75. The van der Waals surface area contributed by atoms with Crippen molar-refractivity contribution in [3.8, 4) is 0 Å². The van der Waals surface area contributed by atoms with E-state index in [0.717, 1.165) is 34.7 Å². The second kappa shape index (κ2) is 8.01. The topological polar surface area (TPSA) is 28.5 Å². The molecule has 0 saturated heterocycles. The quantitative estimate of drug-likeness (QED) is 0.626. The highest BCUT2D eigenvalue weighted by Crippen LogP contribution is 2.21. The molecular weight excluding hydrogens is 354 g/mol. The number of carbonyl (C=O) groups excluding carboxylic acids is 1. The Bertz CT molecular complexity index is 908. The van der Waals surface area contributed by atoms with Crippen LogP contribution in [0.15, 0.2) is 47.8 Å². The Morgan fingerprint density at radius 3 is 2.37 bits per heavy atom. The van der Waals surface area contributed by atoms with Gasteiger partial charge in [-0.05, 0) is 49.1 Å². The number of hydrogen-bond donors (Lipinski definition) is 0. The Morgan fingerprint density at radius 1 is 1.07 bits per heavy atom. The molecular formula is C22H27N3OS. The molecule has 0 aliphatic heterocycles. The van der Waals surface area contributed by atoms with Gasteiger partial charge in [-0.1, -0.05) is 18.2 Å². The fraction of sp³-hybridized carbons (Fsp3) is 0.318. The maximum atomic E-state index is 13.0. The van der Waals surface area contributed by atoms with Crippen molar-refractivity contribution in [2.45, 2.75) is 26.9 Å². The average molecular weight is 382 g/mol. The maximum Gasteiger partial charge on any atom is 0.255 e. The van der Waals surface area contributed by atoms with E-state index in [4.69, 9.17) is 0 Å². The number of benzene rings is 1. The maximum absolute atomic E-state index is 13.0. The zero-order chi connectivity index (χ0) is 19.6. The molecule has 1 amide bonds. The molecule has 0 aliphatic carbocycles. The van der Waals surface area contributed by atoms with Crippen molar-refractivity contribution >= 4 is 22.9 Å². The molecule has 0 unspecified atom stereocenters. The SMILES string of the molecule is Cc1cc(C(=O)N(C)Cc2ccc(N(C)C)cc2)c(C)n1Cc1cccs1. The molecule has 0 radical (unpaired) electrons. The molecule has 4 nitrogen and oxygen atoms in total. The van der Waals surface area contributed by atoms with Crippen LogP contribution in [0.4, 0.5) is 5.69 Å². The highest BCUT2D eigenvalue weighted by molar-refractivity contribution is 7.09. The van der Waals surface area contributed by atoms with Crippen molar-refractivity contribution in [1.82, 2.24) is 9.47 Å². The molecule has 0 fully saturated rings. The fourth-order valence-corrected chi connectivity index (χ4v) is 3.96. The molecule has 3 aromatic rings. The molecule has 142 valence electrons. The Morgan fingerprint density at radius 2 is 1.78 bits per heavy atom. The van der Waals surface area contributed by atoms with Crippen molar-refractivity contribution in [3.63, 3.8) is 0 Å². The third-order valence-electron chi connectivity index (χ3n) is 4.92. The van der Waals surface area contributed by atoms with Crippen LogP contribution in [0.3, 0.4) is 0 Å². The number of thiophene rings is 1. The van der Waals surface area contributed by atoms with E-state index in [0.29, 0.717) is 6.54 Å². The van der Waals surface area contributed by atoms with Crippen LogP contribution in [0.2, 0.25) is 0 Å². The van der Waals surface area contributed by atoms with Gasteiger partial charge in [-0.2, -0.15) is 0 Å². The van der Waals surface area contributed by atoms with Gasteiger partial charge in [-0.15, -0.1) is 11.3 Å². The lowest BCUT2D eigenvalue weighted by atomic mass is 10.1. The van der Waals surface area contributed by atoms with E-state index >= 15 is 0 Å². The van der Waals surface area contributed by atoms with Gasteiger partial charge in [-0.3, -0.25) is 4.79 Å². The molecule has 2 heterocycles. The molecule has 0 aliphatic rings. The molecule has 3 rings (SSSR count). The number of aryl methyl sites for hydroxylation is 1. The van der Waals surface area contributed by atoms with Crippen molar-refractivity contribution in [1.29, 1.82) is 0 Å². The minimum atomic E-state index is 0.0669. The van der Waals surface area contributed by atoms with E-state index in [1.54, 1.807) is 16.2 Å².